The Morgan fingerprint density at radius 2 is 2.18 bits per heavy atom. The van der Waals surface area contributed by atoms with Gasteiger partial charge < -0.3 is 10.2 Å². The predicted octanol–water partition coefficient (Wildman–Crippen LogP) is 1.56. The van der Waals surface area contributed by atoms with E-state index in [4.69, 9.17) is 0 Å². The Kier molecular flexibility index (Phi) is 3.59. The lowest BCUT2D eigenvalue weighted by Crippen LogP contribution is -2.39. The average Bonchev–Trinajstić information content (AvgIpc) is 2.32. The number of nitrogens with one attached hydrogen (secondary N) is 1. The lowest BCUT2D eigenvalue weighted by molar-refractivity contribution is -0.405. The molecule has 0 unspecified atom stereocenters. The molecule has 1 saturated heterocycles. The molecule has 0 radical (unpaired) electrons. The third-order valence-corrected chi connectivity index (χ3v) is 2.70. The van der Waals surface area contributed by atoms with Crippen LogP contribution in [-0.4, -0.2) is 22.9 Å². The summed E-state index contributed by atoms with van der Waals surface area (Å²) in [5.41, 5.74) is 1.16. The molecule has 17 heavy (non-hydrogen) atoms. The van der Waals surface area contributed by atoms with E-state index in [0.717, 1.165) is 31.3 Å². The Morgan fingerprint density at radius 3 is 2.88 bits per heavy atom. The fourth-order valence-corrected chi connectivity index (χ4v) is 1.91. The van der Waals surface area contributed by atoms with E-state index >= 15 is 0 Å². The normalized spacial score (nSPS) is 17.9. The van der Waals surface area contributed by atoms with Crippen LogP contribution in [0.15, 0.2) is 42.4 Å². The first kappa shape index (κ1) is 11.4. The summed E-state index contributed by atoms with van der Waals surface area (Å²) >= 11 is 0. The molecule has 1 aliphatic rings. The van der Waals surface area contributed by atoms with E-state index < -0.39 is 4.92 Å². The highest BCUT2D eigenvalue weighted by molar-refractivity contribution is 5.16. The molecular formula is C12H15N3O2. The molecule has 1 heterocycles. The minimum absolute atomic E-state index is 0.411. The van der Waals surface area contributed by atoms with E-state index in [-0.39, 0.29) is 0 Å². The van der Waals surface area contributed by atoms with Gasteiger partial charge in [-0.2, -0.15) is 0 Å². The van der Waals surface area contributed by atoms with Crippen LogP contribution in [0.3, 0.4) is 0 Å². The first-order chi connectivity index (χ1) is 8.25. The van der Waals surface area contributed by atoms with Crippen molar-refractivity contribution in [1.82, 2.24) is 10.2 Å². The summed E-state index contributed by atoms with van der Waals surface area (Å²) in [4.78, 5) is 12.1. The zero-order valence-electron chi connectivity index (χ0n) is 9.50. The molecule has 0 saturated carbocycles. The van der Waals surface area contributed by atoms with E-state index in [1.165, 1.54) is 0 Å². The number of hydrogen-bond acceptors (Lipinski definition) is 4. The van der Waals surface area contributed by atoms with Crippen molar-refractivity contribution in [3.8, 4) is 0 Å². The van der Waals surface area contributed by atoms with Crippen LogP contribution in [0.5, 0.6) is 0 Å². The quantitative estimate of drug-likeness (QED) is 0.635. The van der Waals surface area contributed by atoms with Gasteiger partial charge in [0.1, 0.15) is 0 Å². The number of hydrogen-bond donors (Lipinski definition) is 1. The standard InChI is InChI=1S/C12H15N3O2/c16-15(17)10-12-13-7-4-8-14(12)9-11-5-2-1-3-6-11/h1-3,5-6,10,13H,4,7-9H2/b12-10-. The second-order valence-electron chi connectivity index (χ2n) is 3.99. The van der Waals surface area contributed by atoms with Crippen LogP contribution in [0.25, 0.3) is 0 Å². The van der Waals surface area contributed by atoms with Crippen LogP contribution in [0, 0.1) is 10.1 Å². The molecule has 2 rings (SSSR count). The van der Waals surface area contributed by atoms with E-state index in [1.54, 1.807) is 0 Å². The molecule has 1 aromatic rings. The van der Waals surface area contributed by atoms with Gasteiger partial charge in [0, 0.05) is 19.6 Å². The largest absolute Gasteiger partial charge is 0.367 e. The minimum atomic E-state index is -0.411. The van der Waals surface area contributed by atoms with E-state index in [9.17, 15) is 10.1 Å². The summed E-state index contributed by atoms with van der Waals surface area (Å²) in [5, 5.41) is 13.6. The molecule has 90 valence electrons. The molecule has 1 aliphatic heterocycles. The lowest BCUT2D eigenvalue weighted by atomic mass is 10.2. The molecule has 1 fully saturated rings. The zero-order valence-corrected chi connectivity index (χ0v) is 9.50. The second-order valence-corrected chi connectivity index (χ2v) is 3.99. The van der Waals surface area contributed by atoms with Crippen molar-refractivity contribution in [2.24, 2.45) is 0 Å². The molecule has 0 aliphatic carbocycles. The minimum Gasteiger partial charge on any atom is -0.367 e. The number of rotatable bonds is 3. The van der Waals surface area contributed by atoms with Gasteiger partial charge >= 0.3 is 0 Å². The van der Waals surface area contributed by atoms with Gasteiger partial charge in [-0.15, -0.1) is 0 Å². The van der Waals surface area contributed by atoms with Gasteiger partial charge in [0.25, 0.3) is 6.20 Å². The monoisotopic (exact) mass is 233 g/mol. The number of nitro groups is 1. The summed E-state index contributed by atoms with van der Waals surface area (Å²) in [6.07, 6.45) is 2.05. The zero-order chi connectivity index (χ0) is 12.1. The molecule has 1 aromatic carbocycles. The molecule has 1 N–H and O–H groups in total. The highest BCUT2D eigenvalue weighted by atomic mass is 16.6. The molecule has 0 amide bonds. The summed E-state index contributed by atoms with van der Waals surface area (Å²) in [6.45, 7) is 2.35. The maximum absolute atomic E-state index is 10.5. The SMILES string of the molecule is O=[N+]([O-])/C=C1/NCCCN1Cc1ccccc1. The average molecular weight is 233 g/mol. The highest BCUT2D eigenvalue weighted by Crippen LogP contribution is 2.13. The van der Waals surface area contributed by atoms with Crippen molar-refractivity contribution in [3.63, 3.8) is 0 Å². The van der Waals surface area contributed by atoms with Gasteiger partial charge in [0.05, 0.1) is 4.92 Å². The number of nitrogens with zero attached hydrogens (tertiary/aromatic N) is 2. The van der Waals surface area contributed by atoms with Crippen LogP contribution in [-0.2, 0) is 6.54 Å². The number of benzene rings is 1. The van der Waals surface area contributed by atoms with Crippen molar-refractivity contribution in [2.75, 3.05) is 13.1 Å². The molecule has 0 bridgehead atoms. The third kappa shape index (κ3) is 3.21. The van der Waals surface area contributed by atoms with E-state index in [2.05, 4.69) is 5.32 Å². The molecule has 5 heteroatoms. The second kappa shape index (κ2) is 5.34. The Bertz CT molecular complexity index is 417. The molecule has 5 nitrogen and oxygen atoms in total. The Labute approximate surface area is 99.9 Å². The van der Waals surface area contributed by atoms with Gasteiger partial charge in [-0.3, -0.25) is 10.1 Å². The van der Waals surface area contributed by atoms with Gasteiger partial charge in [-0.25, -0.2) is 0 Å². The molecule has 0 spiro atoms. The van der Waals surface area contributed by atoms with Crippen LogP contribution >= 0.6 is 0 Å². The van der Waals surface area contributed by atoms with Gasteiger partial charge in [-0.1, -0.05) is 30.3 Å². The van der Waals surface area contributed by atoms with Crippen molar-refractivity contribution in [1.29, 1.82) is 0 Å². The van der Waals surface area contributed by atoms with Crippen molar-refractivity contribution in [3.05, 3.63) is 58.0 Å². The molecular weight excluding hydrogens is 218 g/mol. The van der Waals surface area contributed by atoms with Gasteiger partial charge in [0.2, 0.25) is 0 Å². The van der Waals surface area contributed by atoms with Crippen molar-refractivity contribution in [2.45, 2.75) is 13.0 Å². The molecule has 0 atom stereocenters. The Morgan fingerprint density at radius 1 is 1.41 bits per heavy atom. The van der Waals surface area contributed by atoms with Gasteiger partial charge in [-0.05, 0) is 12.0 Å². The predicted molar refractivity (Wildman–Crippen MR) is 64.5 cm³/mol. The first-order valence-corrected chi connectivity index (χ1v) is 5.64. The highest BCUT2D eigenvalue weighted by Gasteiger charge is 2.17. The summed E-state index contributed by atoms with van der Waals surface area (Å²) in [6, 6.07) is 9.97. The van der Waals surface area contributed by atoms with Crippen LogP contribution in [0.1, 0.15) is 12.0 Å². The van der Waals surface area contributed by atoms with E-state index in [1.807, 2.05) is 35.2 Å². The Hall–Kier alpha value is -2.04. The Balaban J connectivity index is 2.09. The van der Waals surface area contributed by atoms with E-state index in [0.29, 0.717) is 12.4 Å². The lowest BCUT2D eigenvalue weighted by Gasteiger charge is -2.30. The topological polar surface area (TPSA) is 58.4 Å². The maximum Gasteiger partial charge on any atom is 0.274 e. The van der Waals surface area contributed by atoms with Crippen LogP contribution in [0.4, 0.5) is 0 Å². The summed E-state index contributed by atoms with van der Waals surface area (Å²) in [7, 11) is 0. The summed E-state index contributed by atoms with van der Waals surface area (Å²) in [5.74, 6) is 0.602. The maximum atomic E-state index is 10.5. The fourth-order valence-electron chi connectivity index (χ4n) is 1.91. The fraction of sp³-hybridized carbons (Fsp3) is 0.333. The van der Waals surface area contributed by atoms with Crippen molar-refractivity contribution >= 4 is 0 Å². The molecule has 0 aromatic heterocycles. The third-order valence-electron chi connectivity index (χ3n) is 2.70. The van der Waals surface area contributed by atoms with Crippen LogP contribution < -0.4 is 5.32 Å². The summed E-state index contributed by atoms with van der Waals surface area (Å²) < 4.78 is 0. The first-order valence-electron chi connectivity index (χ1n) is 5.64. The van der Waals surface area contributed by atoms with Gasteiger partial charge in [0.15, 0.2) is 5.82 Å². The smallest absolute Gasteiger partial charge is 0.274 e. The van der Waals surface area contributed by atoms with Crippen LogP contribution in [0.2, 0.25) is 0 Å². The van der Waals surface area contributed by atoms with Crippen molar-refractivity contribution < 1.29 is 4.92 Å².